The zero-order valence-electron chi connectivity index (χ0n) is 15.0. The number of benzene rings is 1. The van der Waals surface area contributed by atoms with Crippen molar-refractivity contribution in [2.75, 3.05) is 14.2 Å². The van der Waals surface area contributed by atoms with E-state index in [1.165, 1.54) is 0 Å². The summed E-state index contributed by atoms with van der Waals surface area (Å²) < 4.78 is 11.0. The van der Waals surface area contributed by atoms with Crippen molar-refractivity contribution in [3.63, 3.8) is 0 Å². The Bertz CT molecular complexity index is 1010. The molecular formula is C19H18N6O2. The summed E-state index contributed by atoms with van der Waals surface area (Å²) in [5.41, 5.74) is 8.08. The van der Waals surface area contributed by atoms with E-state index in [4.69, 9.17) is 14.9 Å². The van der Waals surface area contributed by atoms with Crippen LogP contribution in [0.4, 0.5) is 0 Å². The average Bonchev–Trinajstić information content (AvgIpc) is 3.21. The number of nitrogens with two attached hydrogens (primary N) is 1. The fraction of sp³-hybridized carbons (Fsp3) is 0.105. The number of rotatable bonds is 6. The lowest BCUT2D eigenvalue weighted by atomic mass is 10.2. The molecule has 0 amide bonds. The van der Waals surface area contributed by atoms with Crippen LogP contribution in [0, 0.1) is 0 Å². The van der Waals surface area contributed by atoms with E-state index < -0.39 is 0 Å². The summed E-state index contributed by atoms with van der Waals surface area (Å²) in [4.78, 5) is 12.5. The molecule has 27 heavy (non-hydrogen) atoms. The third-order valence-electron chi connectivity index (χ3n) is 3.69. The first-order valence-electron chi connectivity index (χ1n) is 8.02. The van der Waals surface area contributed by atoms with Gasteiger partial charge in [-0.2, -0.15) is 0 Å². The SMILES string of the molecule is C=C(N=C(C(N)=NC)c1nnc(-c2ccccc2)o1)c1ccncc1OC. The molecule has 3 rings (SSSR count). The van der Waals surface area contributed by atoms with Crippen LogP contribution in [0.5, 0.6) is 5.75 Å². The first-order chi connectivity index (χ1) is 13.1. The second kappa shape index (κ2) is 8.05. The standard InChI is InChI=1S/C19H18N6O2/c1-12(14-9-10-22-11-15(14)26-3)23-16(17(20)21-2)19-25-24-18(27-19)13-7-5-4-6-8-13/h4-11H,1H2,2-3H3,(H2,20,21). The lowest BCUT2D eigenvalue weighted by molar-refractivity contribution is 0.411. The van der Waals surface area contributed by atoms with Gasteiger partial charge in [0.15, 0.2) is 5.71 Å². The molecule has 0 bridgehead atoms. The van der Waals surface area contributed by atoms with Gasteiger partial charge in [-0.15, -0.1) is 10.2 Å². The van der Waals surface area contributed by atoms with Gasteiger partial charge in [0.25, 0.3) is 5.89 Å². The molecule has 3 aromatic rings. The smallest absolute Gasteiger partial charge is 0.270 e. The first kappa shape index (κ1) is 18.0. The van der Waals surface area contributed by atoms with E-state index in [9.17, 15) is 0 Å². The first-order valence-corrected chi connectivity index (χ1v) is 8.02. The summed E-state index contributed by atoms with van der Waals surface area (Å²) in [6.07, 6.45) is 3.20. The highest BCUT2D eigenvalue weighted by Crippen LogP contribution is 2.25. The monoisotopic (exact) mass is 362 g/mol. The minimum atomic E-state index is 0.145. The second-order valence-electron chi connectivity index (χ2n) is 5.37. The van der Waals surface area contributed by atoms with Crippen molar-refractivity contribution in [3.05, 3.63) is 66.8 Å². The molecule has 0 radical (unpaired) electrons. The molecule has 0 saturated carbocycles. The van der Waals surface area contributed by atoms with E-state index >= 15 is 0 Å². The van der Waals surface area contributed by atoms with Crippen LogP contribution in [0.1, 0.15) is 11.5 Å². The predicted molar refractivity (Wildman–Crippen MR) is 104 cm³/mol. The molecule has 8 heteroatoms. The molecule has 0 aliphatic heterocycles. The Morgan fingerprint density at radius 2 is 1.96 bits per heavy atom. The summed E-state index contributed by atoms with van der Waals surface area (Å²) in [6.45, 7) is 3.98. The third kappa shape index (κ3) is 3.90. The molecule has 136 valence electrons. The van der Waals surface area contributed by atoms with E-state index in [-0.39, 0.29) is 17.4 Å². The van der Waals surface area contributed by atoms with Gasteiger partial charge in [-0.1, -0.05) is 24.8 Å². The number of ether oxygens (including phenoxy) is 1. The van der Waals surface area contributed by atoms with Crippen LogP contribution >= 0.6 is 0 Å². The van der Waals surface area contributed by atoms with Crippen molar-refractivity contribution in [1.29, 1.82) is 0 Å². The minimum Gasteiger partial charge on any atom is -0.494 e. The van der Waals surface area contributed by atoms with Crippen LogP contribution in [0.15, 0.2) is 69.8 Å². The number of aromatic nitrogens is 3. The van der Waals surface area contributed by atoms with Gasteiger partial charge in [0.2, 0.25) is 5.89 Å². The summed E-state index contributed by atoms with van der Waals surface area (Å²) in [5.74, 6) is 1.18. The topological polar surface area (TPSA) is 112 Å². The van der Waals surface area contributed by atoms with Gasteiger partial charge in [-0.25, -0.2) is 4.99 Å². The maximum absolute atomic E-state index is 6.00. The molecule has 0 saturated heterocycles. The van der Waals surface area contributed by atoms with Crippen LogP contribution in [-0.4, -0.2) is 40.9 Å². The zero-order valence-corrected chi connectivity index (χ0v) is 15.0. The van der Waals surface area contributed by atoms with Crippen LogP contribution < -0.4 is 10.5 Å². The molecule has 0 aliphatic rings. The van der Waals surface area contributed by atoms with E-state index in [0.717, 1.165) is 5.56 Å². The van der Waals surface area contributed by atoms with E-state index in [2.05, 4.69) is 31.7 Å². The van der Waals surface area contributed by atoms with Crippen LogP contribution in [0.2, 0.25) is 0 Å². The van der Waals surface area contributed by atoms with Gasteiger partial charge in [0.05, 0.1) is 19.0 Å². The molecule has 0 aliphatic carbocycles. The Morgan fingerprint density at radius 1 is 1.19 bits per heavy atom. The van der Waals surface area contributed by atoms with Crippen molar-refractivity contribution in [3.8, 4) is 17.2 Å². The fourth-order valence-electron chi connectivity index (χ4n) is 2.31. The Labute approximate surface area is 156 Å². The molecule has 2 N–H and O–H groups in total. The second-order valence-corrected chi connectivity index (χ2v) is 5.37. The van der Waals surface area contributed by atoms with Crippen LogP contribution in [0.3, 0.4) is 0 Å². The van der Waals surface area contributed by atoms with E-state index in [1.807, 2.05) is 30.3 Å². The minimum absolute atomic E-state index is 0.145. The molecule has 2 heterocycles. The maximum Gasteiger partial charge on any atom is 0.270 e. The Hall–Kier alpha value is -3.81. The van der Waals surface area contributed by atoms with Gasteiger partial charge < -0.3 is 14.9 Å². The summed E-state index contributed by atoms with van der Waals surface area (Å²) in [5, 5.41) is 8.12. The number of pyridine rings is 1. The number of hydrogen-bond donors (Lipinski definition) is 1. The molecular weight excluding hydrogens is 344 g/mol. The molecule has 1 aromatic carbocycles. The van der Waals surface area contributed by atoms with Gasteiger partial charge in [-0.05, 0) is 18.2 Å². The third-order valence-corrected chi connectivity index (χ3v) is 3.69. The molecule has 0 spiro atoms. The molecule has 0 unspecified atom stereocenters. The summed E-state index contributed by atoms with van der Waals surface area (Å²) in [6, 6.07) is 11.1. The van der Waals surface area contributed by atoms with E-state index in [0.29, 0.717) is 22.9 Å². The Morgan fingerprint density at radius 3 is 2.67 bits per heavy atom. The van der Waals surface area contributed by atoms with Crippen molar-refractivity contribution < 1.29 is 9.15 Å². The number of nitrogens with zero attached hydrogens (tertiary/aromatic N) is 5. The van der Waals surface area contributed by atoms with Crippen LogP contribution in [-0.2, 0) is 0 Å². The van der Waals surface area contributed by atoms with Gasteiger partial charge >= 0.3 is 0 Å². The number of methoxy groups -OCH3 is 1. The normalized spacial score (nSPS) is 12.1. The highest BCUT2D eigenvalue weighted by Gasteiger charge is 2.19. The molecule has 0 atom stereocenters. The lowest BCUT2D eigenvalue weighted by Gasteiger charge is -2.08. The average molecular weight is 362 g/mol. The van der Waals surface area contributed by atoms with Crippen molar-refractivity contribution in [2.24, 2.45) is 15.7 Å². The predicted octanol–water partition coefficient (Wildman–Crippen LogP) is 2.59. The largest absolute Gasteiger partial charge is 0.494 e. The quantitative estimate of drug-likeness (QED) is 0.533. The number of amidine groups is 1. The van der Waals surface area contributed by atoms with Crippen molar-refractivity contribution >= 4 is 17.2 Å². The Kier molecular flexibility index (Phi) is 5.36. The van der Waals surface area contributed by atoms with Crippen LogP contribution in [0.25, 0.3) is 17.2 Å². The molecule has 0 fully saturated rings. The number of hydrogen-bond acceptors (Lipinski definition) is 7. The molecule has 2 aromatic heterocycles. The van der Waals surface area contributed by atoms with Gasteiger partial charge in [0.1, 0.15) is 11.6 Å². The van der Waals surface area contributed by atoms with Gasteiger partial charge in [0, 0.05) is 24.4 Å². The molecule has 8 nitrogen and oxygen atoms in total. The summed E-state index contributed by atoms with van der Waals surface area (Å²) in [7, 11) is 3.10. The fourth-order valence-corrected chi connectivity index (χ4v) is 2.31. The van der Waals surface area contributed by atoms with Gasteiger partial charge in [-0.3, -0.25) is 9.98 Å². The Balaban J connectivity index is 2.01. The van der Waals surface area contributed by atoms with Crippen molar-refractivity contribution in [1.82, 2.24) is 15.2 Å². The lowest BCUT2D eigenvalue weighted by Crippen LogP contribution is -2.25. The highest BCUT2D eigenvalue weighted by atomic mass is 16.5. The summed E-state index contributed by atoms with van der Waals surface area (Å²) >= 11 is 0. The van der Waals surface area contributed by atoms with Crippen molar-refractivity contribution in [2.45, 2.75) is 0 Å². The zero-order chi connectivity index (χ0) is 19.2. The number of aliphatic imine (C=N–C) groups is 2. The maximum atomic E-state index is 6.00. The van der Waals surface area contributed by atoms with E-state index in [1.54, 1.807) is 32.6 Å². The highest BCUT2D eigenvalue weighted by molar-refractivity contribution is 6.46.